The number of hydrogen-bond donors (Lipinski definition) is 2. The summed E-state index contributed by atoms with van der Waals surface area (Å²) in [6.07, 6.45) is 1.68. The maximum atomic E-state index is 13.5. The number of benzene rings is 2. The van der Waals surface area contributed by atoms with Crippen LogP contribution in [0.4, 0.5) is 14.5 Å². The van der Waals surface area contributed by atoms with Gasteiger partial charge >= 0.3 is 0 Å². The number of amides is 1. The molecule has 7 heteroatoms. The molecule has 0 saturated heterocycles. The van der Waals surface area contributed by atoms with Crippen molar-refractivity contribution in [3.8, 4) is 11.3 Å². The fourth-order valence-electron chi connectivity index (χ4n) is 2.05. The Bertz CT molecular complexity index is 852. The van der Waals surface area contributed by atoms with Crippen molar-refractivity contribution in [3.05, 3.63) is 66.4 Å². The van der Waals surface area contributed by atoms with Gasteiger partial charge in [-0.1, -0.05) is 42.1 Å². The lowest BCUT2D eigenvalue weighted by atomic mass is 10.2. The fourth-order valence-corrected chi connectivity index (χ4v) is 2.70. The highest BCUT2D eigenvalue weighted by Gasteiger charge is 2.10. The van der Waals surface area contributed by atoms with Crippen LogP contribution in [-0.2, 0) is 4.79 Å². The summed E-state index contributed by atoms with van der Waals surface area (Å²) in [6.45, 7) is 0. The molecule has 122 valence electrons. The number of hydrogen-bond acceptors (Lipinski definition) is 3. The van der Waals surface area contributed by atoms with E-state index in [9.17, 15) is 13.6 Å². The van der Waals surface area contributed by atoms with Gasteiger partial charge in [0.1, 0.15) is 11.6 Å². The zero-order valence-electron chi connectivity index (χ0n) is 12.4. The van der Waals surface area contributed by atoms with Crippen molar-refractivity contribution in [1.29, 1.82) is 0 Å². The van der Waals surface area contributed by atoms with Gasteiger partial charge in [0, 0.05) is 6.07 Å². The van der Waals surface area contributed by atoms with Gasteiger partial charge in [-0.2, -0.15) is 0 Å². The Morgan fingerprint density at radius 1 is 1.17 bits per heavy atom. The van der Waals surface area contributed by atoms with E-state index in [1.54, 1.807) is 6.20 Å². The van der Waals surface area contributed by atoms with Crippen LogP contribution in [0.3, 0.4) is 0 Å². The van der Waals surface area contributed by atoms with E-state index in [0.29, 0.717) is 5.16 Å². The lowest BCUT2D eigenvalue weighted by Gasteiger charge is -2.05. The molecule has 0 spiro atoms. The van der Waals surface area contributed by atoms with Crippen molar-refractivity contribution in [2.24, 2.45) is 0 Å². The maximum Gasteiger partial charge on any atom is 0.234 e. The number of halogens is 2. The van der Waals surface area contributed by atoms with Gasteiger partial charge in [0.15, 0.2) is 5.16 Å². The number of thioether (sulfide) groups is 1. The first-order valence-corrected chi connectivity index (χ1v) is 8.08. The number of nitrogens with zero attached hydrogens (tertiary/aromatic N) is 1. The number of carbonyl (C=O) groups excluding carboxylic acids is 1. The van der Waals surface area contributed by atoms with Gasteiger partial charge in [0.2, 0.25) is 5.91 Å². The van der Waals surface area contributed by atoms with Gasteiger partial charge in [0.25, 0.3) is 0 Å². The lowest BCUT2D eigenvalue weighted by Crippen LogP contribution is -2.15. The molecule has 2 aromatic carbocycles. The number of rotatable bonds is 5. The standard InChI is InChI=1S/C17H13F2N3OS/c18-12-6-7-13(19)14(8-12)21-16(23)10-24-17-20-9-15(22-17)11-4-2-1-3-5-11/h1-9H,10H2,(H,20,22)(H,21,23). The molecular formula is C17H13F2N3OS. The highest BCUT2D eigenvalue weighted by molar-refractivity contribution is 7.99. The molecule has 0 aliphatic rings. The van der Waals surface area contributed by atoms with Crippen molar-refractivity contribution in [3.63, 3.8) is 0 Å². The van der Waals surface area contributed by atoms with Crippen LogP contribution in [-0.4, -0.2) is 21.6 Å². The van der Waals surface area contributed by atoms with Gasteiger partial charge in [-0.05, 0) is 17.7 Å². The van der Waals surface area contributed by atoms with Crippen LogP contribution < -0.4 is 5.32 Å². The molecule has 24 heavy (non-hydrogen) atoms. The molecule has 0 aliphatic carbocycles. The SMILES string of the molecule is O=C(CSc1ncc(-c2ccccc2)[nH]1)Nc1cc(F)ccc1F. The summed E-state index contributed by atoms with van der Waals surface area (Å²) in [7, 11) is 0. The number of anilines is 1. The molecule has 2 N–H and O–H groups in total. The maximum absolute atomic E-state index is 13.5. The van der Waals surface area contributed by atoms with Crippen molar-refractivity contribution in [2.45, 2.75) is 5.16 Å². The van der Waals surface area contributed by atoms with Crippen molar-refractivity contribution < 1.29 is 13.6 Å². The summed E-state index contributed by atoms with van der Waals surface area (Å²) >= 11 is 1.18. The first-order valence-electron chi connectivity index (χ1n) is 7.10. The molecule has 1 heterocycles. The Kier molecular flexibility index (Phi) is 4.90. The van der Waals surface area contributed by atoms with Gasteiger partial charge in [-0.3, -0.25) is 4.79 Å². The summed E-state index contributed by atoms with van der Waals surface area (Å²) in [5, 5.41) is 2.92. The normalized spacial score (nSPS) is 10.6. The van der Waals surface area contributed by atoms with Crippen molar-refractivity contribution in [1.82, 2.24) is 9.97 Å². The molecule has 0 aliphatic heterocycles. The third-order valence-electron chi connectivity index (χ3n) is 3.18. The van der Waals surface area contributed by atoms with Crippen molar-refractivity contribution in [2.75, 3.05) is 11.1 Å². The minimum atomic E-state index is -0.681. The molecule has 3 rings (SSSR count). The monoisotopic (exact) mass is 345 g/mol. The van der Waals surface area contributed by atoms with E-state index in [1.807, 2.05) is 30.3 Å². The summed E-state index contributed by atoms with van der Waals surface area (Å²) in [4.78, 5) is 19.2. The van der Waals surface area contributed by atoms with Gasteiger partial charge in [0.05, 0.1) is 23.3 Å². The van der Waals surface area contributed by atoms with Gasteiger partial charge in [-0.25, -0.2) is 13.8 Å². The smallest absolute Gasteiger partial charge is 0.234 e. The third-order valence-corrected chi connectivity index (χ3v) is 4.07. The highest BCUT2D eigenvalue weighted by atomic mass is 32.2. The Hall–Kier alpha value is -2.67. The quantitative estimate of drug-likeness (QED) is 0.685. The Morgan fingerprint density at radius 3 is 2.75 bits per heavy atom. The zero-order chi connectivity index (χ0) is 16.9. The largest absolute Gasteiger partial charge is 0.333 e. The third kappa shape index (κ3) is 3.99. The minimum absolute atomic E-state index is 0.0255. The number of imidazole rings is 1. The van der Waals surface area contributed by atoms with E-state index < -0.39 is 17.5 Å². The number of nitrogens with one attached hydrogen (secondary N) is 2. The van der Waals surface area contributed by atoms with E-state index in [1.165, 1.54) is 11.8 Å². The number of carbonyl (C=O) groups is 1. The first-order chi connectivity index (χ1) is 11.6. The van der Waals surface area contributed by atoms with E-state index in [0.717, 1.165) is 29.5 Å². The van der Waals surface area contributed by atoms with Crippen LogP contribution in [0.25, 0.3) is 11.3 Å². The summed E-state index contributed by atoms with van der Waals surface area (Å²) in [6, 6.07) is 12.6. The summed E-state index contributed by atoms with van der Waals surface area (Å²) < 4.78 is 26.6. The van der Waals surface area contributed by atoms with E-state index in [-0.39, 0.29) is 11.4 Å². The molecule has 1 amide bonds. The molecule has 0 radical (unpaired) electrons. The number of aromatic amines is 1. The molecule has 0 saturated carbocycles. The van der Waals surface area contributed by atoms with E-state index in [2.05, 4.69) is 15.3 Å². The molecule has 0 atom stereocenters. The number of aromatic nitrogens is 2. The average Bonchev–Trinajstić information content (AvgIpc) is 3.06. The fraction of sp³-hybridized carbons (Fsp3) is 0.0588. The van der Waals surface area contributed by atoms with Crippen LogP contribution in [0.2, 0.25) is 0 Å². The Morgan fingerprint density at radius 2 is 1.96 bits per heavy atom. The van der Waals surface area contributed by atoms with E-state index >= 15 is 0 Å². The summed E-state index contributed by atoms with van der Waals surface area (Å²) in [5.74, 6) is -1.71. The molecule has 1 aromatic heterocycles. The van der Waals surface area contributed by atoms with Crippen molar-refractivity contribution >= 4 is 23.4 Å². The van der Waals surface area contributed by atoms with Crippen LogP contribution in [0.5, 0.6) is 0 Å². The highest BCUT2D eigenvalue weighted by Crippen LogP contribution is 2.22. The van der Waals surface area contributed by atoms with Crippen LogP contribution in [0.1, 0.15) is 0 Å². The minimum Gasteiger partial charge on any atom is -0.333 e. The van der Waals surface area contributed by atoms with Gasteiger partial charge < -0.3 is 10.3 Å². The predicted molar refractivity (Wildman–Crippen MR) is 89.7 cm³/mol. The second-order valence-corrected chi connectivity index (χ2v) is 5.89. The second-order valence-electron chi connectivity index (χ2n) is 4.93. The molecule has 4 nitrogen and oxygen atoms in total. The average molecular weight is 345 g/mol. The van der Waals surface area contributed by atoms with Crippen LogP contribution in [0.15, 0.2) is 59.9 Å². The topological polar surface area (TPSA) is 57.8 Å². The second kappa shape index (κ2) is 7.27. The molecule has 0 bridgehead atoms. The summed E-state index contributed by atoms with van der Waals surface area (Å²) in [5.41, 5.74) is 1.66. The molecule has 3 aromatic rings. The lowest BCUT2D eigenvalue weighted by molar-refractivity contribution is -0.113. The Labute approximate surface area is 141 Å². The zero-order valence-corrected chi connectivity index (χ0v) is 13.2. The van der Waals surface area contributed by atoms with Crippen LogP contribution in [0, 0.1) is 11.6 Å². The van der Waals surface area contributed by atoms with Crippen LogP contribution >= 0.6 is 11.8 Å². The number of H-pyrrole nitrogens is 1. The molecule has 0 fully saturated rings. The van der Waals surface area contributed by atoms with E-state index in [4.69, 9.17) is 0 Å². The predicted octanol–water partition coefficient (Wildman–Crippen LogP) is 4.09. The molecule has 0 unspecified atom stereocenters. The first kappa shape index (κ1) is 16.2. The molecular weight excluding hydrogens is 332 g/mol. The van der Waals surface area contributed by atoms with Gasteiger partial charge in [-0.15, -0.1) is 0 Å². The Balaban J connectivity index is 1.59.